The van der Waals surface area contributed by atoms with Gasteiger partial charge in [-0.2, -0.15) is 0 Å². The molecule has 1 heterocycles. The van der Waals surface area contributed by atoms with Crippen LogP contribution in [0.2, 0.25) is 0 Å². The summed E-state index contributed by atoms with van der Waals surface area (Å²) in [4.78, 5) is 35.6. The number of amides is 3. The van der Waals surface area contributed by atoms with Crippen molar-refractivity contribution in [1.82, 2.24) is 10.2 Å². The molecule has 1 saturated heterocycles. The summed E-state index contributed by atoms with van der Waals surface area (Å²) in [6.45, 7) is 0.297. The third-order valence-corrected chi connectivity index (χ3v) is 3.22. The van der Waals surface area contributed by atoms with E-state index in [1.165, 1.54) is 0 Å². The van der Waals surface area contributed by atoms with Crippen LogP contribution in [0.3, 0.4) is 0 Å². The minimum atomic E-state index is -0.577. The number of hydrogen-bond acceptors (Lipinski definition) is 4. The fourth-order valence-corrected chi connectivity index (χ4v) is 2.16. The summed E-state index contributed by atoms with van der Waals surface area (Å²) in [5.74, 6) is -1.10. The van der Waals surface area contributed by atoms with Gasteiger partial charge in [-0.3, -0.25) is 9.69 Å². The van der Waals surface area contributed by atoms with Crippen molar-refractivity contribution in [1.29, 1.82) is 0 Å². The molecule has 0 spiro atoms. The van der Waals surface area contributed by atoms with Gasteiger partial charge in [-0.15, -0.1) is 0 Å². The Morgan fingerprint density at radius 3 is 2.84 bits per heavy atom. The first-order valence-electron chi connectivity index (χ1n) is 5.59. The third kappa shape index (κ3) is 3.43. The van der Waals surface area contributed by atoms with E-state index in [1.807, 2.05) is 6.07 Å². The van der Waals surface area contributed by atoms with E-state index in [1.54, 1.807) is 18.2 Å². The molecule has 1 aliphatic heterocycles. The van der Waals surface area contributed by atoms with Gasteiger partial charge in [0, 0.05) is 16.7 Å². The second kappa shape index (κ2) is 6.00. The van der Waals surface area contributed by atoms with Gasteiger partial charge in [0.05, 0.1) is 5.56 Å². The SMILES string of the molecule is O=C(OCC(=O)N1CCNC1=O)c1cccc(I)c1. The van der Waals surface area contributed by atoms with Crippen molar-refractivity contribution in [3.05, 3.63) is 33.4 Å². The first-order valence-corrected chi connectivity index (χ1v) is 6.66. The van der Waals surface area contributed by atoms with E-state index in [2.05, 4.69) is 27.9 Å². The summed E-state index contributed by atoms with van der Waals surface area (Å²) in [6, 6.07) is 6.40. The van der Waals surface area contributed by atoms with Crippen LogP contribution in [0.5, 0.6) is 0 Å². The lowest BCUT2D eigenvalue weighted by Crippen LogP contribution is -2.37. The molecule has 0 bridgehead atoms. The topological polar surface area (TPSA) is 75.7 Å². The number of hydrogen-bond donors (Lipinski definition) is 1. The third-order valence-electron chi connectivity index (χ3n) is 2.54. The van der Waals surface area contributed by atoms with Crippen LogP contribution in [-0.2, 0) is 9.53 Å². The van der Waals surface area contributed by atoms with E-state index >= 15 is 0 Å². The average Bonchev–Trinajstić information content (AvgIpc) is 2.82. The summed E-state index contributed by atoms with van der Waals surface area (Å²) in [6.07, 6.45) is 0. The fraction of sp³-hybridized carbons (Fsp3) is 0.250. The van der Waals surface area contributed by atoms with Crippen LogP contribution in [0.1, 0.15) is 10.4 Å². The van der Waals surface area contributed by atoms with Gasteiger partial charge < -0.3 is 10.1 Å². The number of nitrogens with zero attached hydrogens (tertiary/aromatic N) is 1. The second-order valence-corrected chi connectivity index (χ2v) is 5.11. The van der Waals surface area contributed by atoms with E-state index in [9.17, 15) is 14.4 Å². The summed E-state index contributed by atoms with van der Waals surface area (Å²) >= 11 is 2.08. The van der Waals surface area contributed by atoms with Crippen LogP contribution in [0.25, 0.3) is 0 Å². The number of nitrogens with one attached hydrogen (secondary N) is 1. The van der Waals surface area contributed by atoms with E-state index in [-0.39, 0.29) is 0 Å². The highest BCUT2D eigenvalue weighted by Crippen LogP contribution is 2.09. The standard InChI is InChI=1S/C12H11IN2O4/c13-9-3-1-2-8(6-9)11(17)19-7-10(16)15-5-4-14-12(15)18/h1-3,6H,4-5,7H2,(H,14,18). The molecular formula is C12H11IN2O4. The molecule has 7 heteroatoms. The predicted octanol–water partition coefficient (Wildman–Crippen LogP) is 1.000. The Hall–Kier alpha value is -1.64. The number of carbonyl (C=O) groups is 3. The normalized spacial score (nSPS) is 14.2. The van der Waals surface area contributed by atoms with Crippen molar-refractivity contribution < 1.29 is 19.1 Å². The van der Waals surface area contributed by atoms with Crippen molar-refractivity contribution in [3.63, 3.8) is 0 Å². The summed E-state index contributed by atoms with van der Waals surface area (Å²) in [5.41, 5.74) is 0.380. The molecule has 1 aromatic carbocycles. The number of esters is 1. The Labute approximate surface area is 123 Å². The molecule has 1 aromatic rings. The van der Waals surface area contributed by atoms with Crippen LogP contribution in [-0.4, -0.2) is 42.5 Å². The molecule has 6 nitrogen and oxygen atoms in total. The van der Waals surface area contributed by atoms with Crippen LogP contribution in [0, 0.1) is 3.57 Å². The Bertz CT molecular complexity index is 532. The molecule has 19 heavy (non-hydrogen) atoms. The molecule has 0 aromatic heterocycles. The largest absolute Gasteiger partial charge is 0.452 e. The zero-order valence-electron chi connectivity index (χ0n) is 9.89. The van der Waals surface area contributed by atoms with Gasteiger partial charge in [0.15, 0.2) is 6.61 Å². The number of carbonyl (C=O) groups excluding carboxylic acids is 3. The minimum Gasteiger partial charge on any atom is -0.452 e. The number of imide groups is 1. The van der Waals surface area contributed by atoms with Gasteiger partial charge in [0.25, 0.3) is 5.91 Å². The van der Waals surface area contributed by atoms with Gasteiger partial charge >= 0.3 is 12.0 Å². The smallest absolute Gasteiger partial charge is 0.338 e. The van der Waals surface area contributed by atoms with Crippen LogP contribution < -0.4 is 5.32 Å². The molecule has 0 unspecified atom stereocenters. The molecule has 0 saturated carbocycles. The van der Waals surface area contributed by atoms with Crippen LogP contribution in [0.4, 0.5) is 4.79 Å². The van der Waals surface area contributed by atoms with Crippen LogP contribution >= 0.6 is 22.6 Å². The maximum Gasteiger partial charge on any atom is 0.338 e. The highest BCUT2D eigenvalue weighted by atomic mass is 127. The number of halogens is 1. The van der Waals surface area contributed by atoms with E-state index < -0.39 is 24.5 Å². The minimum absolute atomic E-state index is 0.304. The molecule has 2 rings (SSSR count). The lowest BCUT2D eigenvalue weighted by molar-refractivity contribution is -0.130. The van der Waals surface area contributed by atoms with Crippen molar-refractivity contribution in [2.24, 2.45) is 0 Å². The molecule has 100 valence electrons. The number of benzene rings is 1. The lowest BCUT2D eigenvalue weighted by atomic mass is 10.2. The van der Waals surface area contributed by atoms with E-state index in [0.29, 0.717) is 18.7 Å². The number of ether oxygens (including phenoxy) is 1. The first kappa shape index (κ1) is 13.8. The van der Waals surface area contributed by atoms with Crippen molar-refractivity contribution in [3.8, 4) is 0 Å². The number of rotatable bonds is 3. The Kier molecular flexibility index (Phi) is 4.35. The van der Waals surface area contributed by atoms with Gasteiger partial charge in [0.2, 0.25) is 0 Å². The Morgan fingerprint density at radius 1 is 1.42 bits per heavy atom. The van der Waals surface area contributed by atoms with Gasteiger partial charge in [0.1, 0.15) is 0 Å². The molecule has 0 atom stereocenters. The molecular weight excluding hydrogens is 363 g/mol. The van der Waals surface area contributed by atoms with Gasteiger partial charge in [-0.05, 0) is 40.8 Å². The average molecular weight is 374 g/mol. The maximum atomic E-state index is 11.7. The first-order chi connectivity index (χ1) is 9.08. The summed E-state index contributed by atoms with van der Waals surface area (Å²) < 4.78 is 5.79. The van der Waals surface area contributed by atoms with Gasteiger partial charge in [-0.1, -0.05) is 6.07 Å². The number of urea groups is 1. The fourth-order valence-electron chi connectivity index (χ4n) is 1.61. The summed E-state index contributed by atoms with van der Waals surface area (Å²) in [7, 11) is 0. The zero-order valence-corrected chi connectivity index (χ0v) is 12.0. The van der Waals surface area contributed by atoms with Crippen LogP contribution in [0.15, 0.2) is 24.3 Å². The monoisotopic (exact) mass is 374 g/mol. The van der Waals surface area contributed by atoms with E-state index in [0.717, 1.165) is 8.47 Å². The van der Waals surface area contributed by atoms with E-state index in [4.69, 9.17) is 4.74 Å². The molecule has 0 radical (unpaired) electrons. The van der Waals surface area contributed by atoms with Crippen molar-refractivity contribution in [2.75, 3.05) is 19.7 Å². The lowest BCUT2D eigenvalue weighted by Gasteiger charge is -2.12. The van der Waals surface area contributed by atoms with Gasteiger partial charge in [-0.25, -0.2) is 9.59 Å². The predicted molar refractivity (Wildman–Crippen MR) is 74.6 cm³/mol. The molecule has 3 amide bonds. The quantitative estimate of drug-likeness (QED) is 0.633. The maximum absolute atomic E-state index is 11.7. The Balaban J connectivity index is 1.90. The molecule has 1 fully saturated rings. The van der Waals surface area contributed by atoms with Crippen molar-refractivity contribution in [2.45, 2.75) is 0 Å². The summed E-state index contributed by atoms with van der Waals surface area (Å²) in [5, 5.41) is 2.50. The van der Waals surface area contributed by atoms with Crippen molar-refractivity contribution >= 4 is 40.5 Å². The molecule has 1 aliphatic rings. The zero-order chi connectivity index (χ0) is 13.8. The molecule has 1 N–H and O–H groups in total. The Morgan fingerprint density at radius 2 is 2.21 bits per heavy atom. The highest BCUT2D eigenvalue weighted by Gasteiger charge is 2.26. The highest BCUT2D eigenvalue weighted by molar-refractivity contribution is 14.1. The molecule has 0 aliphatic carbocycles. The second-order valence-electron chi connectivity index (χ2n) is 3.86.